The molecule has 1 heterocycles. The fraction of sp³-hybridized carbons (Fsp3) is 0.500. The Morgan fingerprint density at radius 3 is 2.71 bits per heavy atom. The molecule has 7 nitrogen and oxygen atoms in total. The van der Waals surface area contributed by atoms with Gasteiger partial charge in [0.25, 0.3) is 5.69 Å². The van der Waals surface area contributed by atoms with E-state index in [1.54, 1.807) is 0 Å². The summed E-state index contributed by atoms with van der Waals surface area (Å²) in [6.07, 6.45) is 0.753. The SMILES string of the molecule is CCC(C)(C)Oc1cc([N+](=O)[O-])cc(NN)n1. The lowest BCUT2D eigenvalue weighted by molar-refractivity contribution is -0.385. The Labute approximate surface area is 99.1 Å². The molecular formula is C10H16N4O3. The molecule has 0 fully saturated rings. The summed E-state index contributed by atoms with van der Waals surface area (Å²) in [5.74, 6) is 5.57. The van der Waals surface area contributed by atoms with Crippen molar-refractivity contribution in [2.24, 2.45) is 5.84 Å². The molecule has 0 aromatic carbocycles. The molecule has 0 aliphatic rings. The van der Waals surface area contributed by atoms with Gasteiger partial charge in [-0.1, -0.05) is 6.92 Å². The van der Waals surface area contributed by atoms with E-state index in [2.05, 4.69) is 10.4 Å². The highest BCUT2D eigenvalue weighted by molar-refractivity contribution is 5.47. The first kappa shape index (κ1) is 13.2. The molecule has 0 radical (unpaired) electrons. The van der Waals surface area contributed by atoms with Crippen LogP contribution in [0.3, 0.4) is 0 Å². The van der Waals surface area contributed by atoms with Gasteiger partial charge in [-0.2, -0.15) is 4.98 Å². The fourth-order valence-corrected chi connectivity index (χ4v) is 1.08. The number of nitrogens with one attached hydrogen (secondary N) is 1. The van der Waals surface area contributed by atoms with Crippen LogP contribution >= 0.6 is 0 Å². The number of hydrazine groups is 1. The minimum atomic E-state index is -0.520. The van der Waals surface area contributed by atoms with Crippen molar-refractivity contribution in [3.8, 4) is 5.88 Å². The van der Waals surface area contributed by atoms with E-state index in [9.17, 15) is 10.1 Å². The minimum absolute atomic E-state index is 0.116. The third kappa shape index (κ3) is 3.56. The lowest BCUT2D eigenvalue weighted by Crippen LogP contribution is -2.27. The number of aromatic nitrogens is 1. The highest BCUT2D eigenvalue weighted by Gasteiger charge is 2.20. The standard InChI is InChI=1S/C10H16N4O3/c1-4-10(2,3)17-9-6-7(14(15)16)5-8(12-9)13-11/h5-6H,4,11H2,1-3H3,(H,12,13). The van der Waals surface area contributed by atoms with E-state index in [1.165, 1.54) is 12.1 Å². The molecule has 0 bridgehead atoms. The molecule has 94 valence electrons. The van der Waals surface area contributed by atoms with Crippen LogP contribution in [-0.4, -0.2) is 15.5 Å². The number of pyridine rings is 1. The van der Waals surface area contributed by atoms with Gasteiger partial charge in [-0.05, 0) is 20.3 Å². The largest absolute Gasteiger partial charge is 0.471 e. The molecule has 1 aromatic heterocycles. The Hall–Kier alpha value is -1.89. The van der Waals surface area contributed by atoms with Gasteiger partial charge >= 0.3 is 0 Å². The number of ether oxygens (including phenoxy) is 1. The van der Waals surface area contributed by atoms with Crippen molar-refractivity contribution in [3.63, 3.8) is 0 Å². The summed E-state index contributed by atoms with van der Waals surface area (Å²) >= 11 is 0. The van der Waals surface area contributed by atoms with E-state index in [0.717, 1.165) is 6.42 Å². The predicted octanol–water partition coefficient (Wildman–Crippen LogP) is 1.84. The molecule has 17 heavy (non-hydrogen) atoms. The number of nitrogen functional groups attached to an aromatic ring is 1. The van der Waals surface area contributed by atoms with Gasteiger partial charge in [0.15, 0.2) is 5.82 Å². The topological polar surface area (TPSA) is 103 Å². The summed E-state index contributed by atoms with van der Waals surface area (Å²) in [7, 11) is 0. The molecule has 7 heteroatoms. The van der Waals surface area contributed by atoms with Gasteiger partial charge in [0, 0.05) is 0 Å². The van der Waals surface area contributed by atoms with Gasteiger partial charge in [-0.25, -0.2) is 5.84 Å². The van der Waals surface area contributed by atoms with Crippen molar-refractivity contribution in [2.45, 2.75) is 32.8 Å². The highest BCUT2D eigenvalue weighted by Crippen LogP contribution is 2.25. The Balaban J connectivity index is 3.07. The Morgan fingerprint density at radius 1 is 1.59 bits per heavy atom. The van der Waals surface area contributed by atoms with Crippen LogP contribution < -0.4 is 16.0 Å². The molecule has 0 saturated carbocycles. The molecule has 0 saturated heterocycles. The average Bonchev–Trinajstić information content (AvgIpc) is 2.28. The Morgan fingerprint density at radius 2 is 2.24 bits per heavy atom. The van der Waals surface area contributed by atoms with Crippen molar-refractivity contribution in [1.29, 1.82) is 0 Å². The van der Waals surface area contributed by atoms with Gasteiger partial charge in [-0.3, -0.25) is 10.1 Å². The first-order valence-corrected chi connectivity index (χ1v) is 5.20. The van der Waals surface area contributed by atoms with Gasteiger partial charge < -0.3 is 10.2 Å². The van der Waals surface area contributed by atoms with E-state index >= 15 is 0 Å². The maximum atomic E-state index is 10.7. The second kappa shape index (κ2) is 4.96. The maximum absolute atomic E-state index is 10.7. The third-order valence-corrected chi connectivity index (χ3v) is 2.38. The van der Waals surface area contributed by atoms with Crippen LogP contribution in [0, 0.1) is 10.1 Å². The van der Waals surface area contributed by atoms with Crippen molar-refractivity contribution in [3.05, 3.63) is 22.2 Å². The molecule has 0 unspecified atom stereocenters. The van der Waals surface area contributed by atoms with E-state index in [-0.39, 0.29) is 17.4 Å². The second-order valence-electron chi connectivity index (χ2n) is 4.17. The van der Waals surface area contributed by atoms with Gasteiger partial charge in [-0.15, -0.1) is 0 Å². The quantitative estimate of drug-likeness (QED) is 0.462. The van der Waals surface area contributed by atoms with Crippen LogP contribution in [0.1, 0.15) is 27.2 Å². The maximum Gasteiger partial charge on any atom is 0.278 e. The summed E-state index contributed by atoms with van der Waals surface area (Å²) in [4.78, 5) is 14.2. The van der Waals surface area contributed by atoms with E-state index in [0.29, 0.717) is 0 Å². The monoisotopic (exact) mass is 240 g/mol. The molecule has 0 aliphatic heterocycles. The van der Waals surface area contributed by atoms with Gasteiger partial charge in [0.2, 0.25) is 5.88 Å². The molecule has 0 atom stereocenters. The summed E-state index contributed by atoms with van der Waals surface area (Å²) in [5.41, 5.74) is 1.72. The van der Waals surface area contributed by atoms with Gasteiger partial charge in [0.05, 0.1) is 17.1 Å². The zero-order valence-corrected chi connectivity index (χ0v) is 10.1. The molecule has 0 aliphatic carbocycles. The fourth-order valence-electron chi connectivity index (χ4n) is 1.08. The number of nitrogens with two attached hydrogens (primary N) is 1. The van der Waals surface area contributed by atoms with Crippen LogP contribution in [0.4, 0.5) is 11.5 Å². The van der Waals surface area contributed by atoms with E-state index in [4.69, 9.17) is 10.6 Å². The van der Waals surface area contributed by atoms with Crippen LogP contribution in [0.25, 0.3) is 0 Å². The summed E-state index contributed by atoms with van der Waals surface area (Å²) in [6, 6.07) is 2.52. The molecule has 0 spiro atoms. The normalized spacial score (nSPS) is 11.1. The van der Waals surface area contributed by atoms with Crippen LogP contribution in [-0.2, 0) is 0 Å². The molecule has 0 amide bonds. The molecule has 3 N–H and O–H groups in total. The minimum Gasteiger partial charge on any atom is -0.471 e. The smallest absolute Gasteiger partial charge is 0.278 e. The predicted molar refractivity (Wildman–Crippen MR) is 63.7 cm³/mol. The molecule has 1 rings (SSSR count). The van der Waals surface area contributed by atoms with Crippen LogP contribution in [0.15, 0.2) is 12.1 Å². The lowest BCUT2D eigenvalue weighted by atomic mass is 10.1. The first-order valence-electron chi connectivity index (χ1n) is 5.20. The number of hydrogen-bond donors (Lipinski definition) is 2. The lowest BCUT2D eigenvalue weighted by Gasteiger charge is -2.24. The van der Waals surface area contributed by atoms with E-state index < -0.39 is 10.5 Å². The van der Waals surface area contributed by atoms with Crippen molar-refractivity contribution in [1.82, 2.24) is 4.98 Å². The van der Waals surface area contributed by atoms with Crippen molar-refractivity contribution in [2.75, 3.05) is 5.43 Å². The van der Waals surface area contributed by atoms with Crippen LogP contribution in [0.5, 0.6) is 5.88 Å². The average molecular weight is 240 g/mol. The Bertz CT molecular complexity index is 420. The number of hydrogen-bond acceptors (Lipinski definition) is 6. The second-order valence-corrected chi connectivity index (χ2v) is 4.17. The van der Waals surface area contributed by atoms with E-state index in [1.807, 2.05) is 20.8 Å². The van der Waals surface area contributed by atoms with Gasteiger partial charge in [0.1, 0.15) is 5.60 Å². The first-order chi connectivity index (χ1) is 7.88. The summed E-state index contributed by atoms with van der Waals surface area (Å²) < 4.78 is 5.57. The number of nitrogens with zero attached hydrogens (tertiary/aromatic N) is 2. The third-order valence-electron chi connectivity index (χ3n) is 2.38. The van der Waals surface area contributed by atoms with Crippen molar-refractivity contribution >= 4 is 11.5 Å². The summed E-state index contributed by atoms with van der Waals surface area (Å²) in [6.45, 7) is 5.71. The zero-order chi connectivity index (χ0) is 13.1. The highest BCUT2D eigenvalue weighted by atomic mass is 16.6. The molecular weight excluding hydrogens is 224 g/mol. The number of nitro groups is 1. The number of rotatable bonds is 5. The molecule has 1 aromatic rings. The summed E-state index contributed by atoms with van der Waals surface area (Å²) in [5, 5.41) is 10.7. The van der Waals surface area contributed by atoms with Crippen LogP contribution in [0.2, 0.25) is 0 Å². The number of anilines is 1. The Kier molecular flexibility index (Phi) is 3.84. The van der Waals surface area contributed by atoms with Crippen molar-refractivity contribution < 1.29 is 9.66 Å². The zero-order valence-electron chi connectivity index (χ0n) is 10.1.